The SMILES string of the molecule is COCCNC(=O)CCc1cc2c(C=O)c(O)ccc2o1. The van der Waals surface area contributed by atoms with Gasteiger partial charge in [0.2, 0.25) is 5.91 Å². The highest BCUT2D eigenvalue weighted by Gasteiger charge is 2.12. The Morgan fingerprint density at radius 1 is 1.48 bits per heavy atom. The van der Waals surface area contributed by atoms with Gasteiger partial charge in [-0.3, -0.25) is 9.59 Å². The maximum absolute atomic E-state index is 11.6. The average molecular weight is 291 g/mol. The number of phenols is 1. The number of hydrogen-bond donors (Lipinski definition) is 2. The molecule has 1 aromatic heterocycles. The summed E-state index contributed by atoms with van der Waals surface area (Å²) in [6, 6.07) is 4.69. The minimum Gasteiger partial charge on any atom is -0.507 e. The molecule has 6 heteroatoms. The van der Waals surface area contributed by atoms with Crippen LogP contribution in [0.1, 0.15) is 22.5 Å². The summed E-state index contributed by atoms with van der Waals surface area (Å²) in [6.45, 7) is 0.941. The molecule has 0 saturated heterocycles. The monoisotopic (exact) mass is 291 g/mol. The summed E-state index contributed by atoms with van der Waals surface area (Å²) in [7, 11) is 1.57. The number of carbonyl (C=O) groups is 2. The van der Waals surface area contributed by atoms with Crippen LogP contribution in [0.4, 0.5) is 0 Å². The fourth-order valence-corrected chi connectivity index (χ4v) is 2.04. The van der Waals surface area contributed by atoms with E-state index in [1.165, 1.54) is 6.07 Å². The number of aldehydes is 1. The first-order chi connectivity index (χ1) is 10.2. The van der Waals surface area contributed by atoms with Crippen LogP contribution in [0.3, 0.4) is 0 Å². The van der Waals surface area contributed by atoms with Crippen molar-refractivity contribution in [1.82, 2.24) is 5.32 Å². The average Bonchev–Trinajstić information content (AvgIpc) is 2.88. The van der Waals surface area contributed by atoms with Gasteiger partial charge in [0.1, 0.15) is 17.1 Å². The van der Waals surface area contributed by atoms with Crippen LogP contribution in [0, 0.1) is 0 Å². The van der Waals surface area contributed by atoms with E-state index in [-0.39, 0.29) is 23.6 Å². The fraction of sp³-hybridized carbons (Fsp3) is 0.333. The molecule has 6 nitrogen and oxygen atoms in total. The van der Waals surface area contributed by atoms with Gasteiger partial charge in [-0.2, -0.15) is 0 Å². The Morgan fingerprint density at radius 2 is 2.29 bits per heavy atom. The Bertz CT molecular complexity index is 647. The second-order valence-corrected chi connectivity index (χ2v) is 4.58. The third-order valence-electron chi connectivity index (χ3n) is 3.12. The zero-order valence-corrected chi connectivity index (χ0v) is 11.7. The number of amides is 1. The molecule has 0 bridgehead atoms. The standard InChI is InChI=1S/C15H17NO5/c1-20-7-6-16-15(19)5-2-10-8-11-12(9-17)13(18)3-4-14(11)21-10/h3-4,8-9,18H,2,5-7H2,1H3,(H,16,19). The molecule has 0 aliphatic rings. The van der Waals surface area contributed by atoms with Gasteiger partial charge in [-0.15, -0.1) is 0 Å². The van der Waals surface area contributed by atoms with Gasteiger partial charge < -0.3 is 19.6 Å². The number of furan rings is 1. The van der Waals surface area contributed by atoms with Gasteiger partial charge in [0.05, 0.1) is 12.2 Å². The molecule has 1 amide bonds. The van der Waals surface area contributed by atoms with E-state index < -0.39 is 0 Å². The number of carbonyl (C=O) groups excluding carboxylic acids is 2. The summed E-state index contributed by atoms with van der Waals surface area (Å²) >= 11 is 0. The molecule has 0 saturated carbocycles. The Morgan fingerprint density at radius 3 is 3.00 bits per heavy atom. The highest BCUT2D eigenvalue weighted by Crippen LogP contribution is 2.28. The van der Waals surface area contributed by atoms with Crippen molar-refractivity contribution in [1.29, 1.82) is 0 Å². The first kappa shape index (κ1) is 15.1. The Balaban J connectivity index is 2.03. The first-order valence-electron chi connectivity index (χ1n) is 6.61. The molecule has 0 radical (unpaired) electrons. The van der Waals surface area contributed by atoms with Gasteiger partial charge in [0.15, 0.2) is 6.29 Å². The number of aryl methyl sites for hydroxylation is 1. The number of methoxy groups -OCH3 is 1. The van der Waals surface area contributed by atoms with Gasteiger partial charge in [0, 0.05) is 31.9 Å². The van der Waals surface area contributed by atoms with E-state index >= 15 is 0 Å². The molecule has 0 aliphatic heterocycles. The zero-order chi connectivity index (χ0) is 15.2. The van der Waals surface area contributed by atoms with E-state index in [4.69, 9.17) is 9.15 Å². The second kappa shape index (κ2) is 6.90. The van der Waals surface area contributed by atoms with Crippen molar-refractivity contribution in [2.45, 2.75) is 12.8 Å². The van der Waals surface area contributed by atoms with Crippen LogP contribution >= 0.6 is 0 Å². The number of rotatable bonds is 7. The lowest BCUT2D eigenvalue weighted by atomic mass is 10.1. The molecule has 112 valence electrons. The summed E-state index contributed by atoms with van der Waals surface area (Å²) < 4.78 is 10.4. The van der Waals surface area contributed by atoms with E-state index in [1.807, 2.05) is 0 Å². The van der Waals surface area contributed by atoms with Crippen molar-refractivity contribution in [3.63, 3.8) is 0 Å². The van der Waals surface area contributed by atoms with Crippen LogP contribution < -0.4 is 5.32 Å². The Kier molecular flexibility index (Phi) is 4.94. The van der Waals surface area contributed by atoms with E-state index in [1.54, 1.807) is 19.2 Å². The summed E-state index contributed by atoms with van der Waals surface area (Å²) in [4.78, 5) is 22.6. The van der Waals surface area contributed by atoms with Gasteiger partial charge in [-0.25, -0.2) is 0 Å². The fourth-order valence-electron chi connectivity index (χ4n) is 2.04. The highest BCUT2D eigenvalue weighted by atomic mass is 16.5. The number of ether oxygens (including phenoxy) is 1. The molecular weight excluding hydrogens is 274 g/mol. The molecule has 2 N–H and O–H groups in total. The molecule has 0 aliphatic carbocycles. The van der Waals surface area contributed by atoms with Gasteiger partial charge >= 0.3 is 0 Å². The predicted molar refractivity (Wildman–Crippen MR) is 76.5 cm³/mol. The van der Waals surface area contributed by atoms with Crippen molar-refractivity contribution in [3.8, 4) is 5.75 Å². The lowest BCUT2D eigenvalue weighted by molar-refractivity contribution is -0.121. The quantitative estimate of drug-likeness (QED) is 0.598. The molecular formula is C15H17NO5. The van der Waals surface area contributed by atoms with Crippen molar-refractivity contribution < 1.29 is 23.8 Å². The van der Waals surface area contributed by atoms with E-state index in [0.29, 0.717) is 42.6 Å². The van der Waals surface area contributed by atoms with Gasteiger partial charge in [0.25, 0.3) is 0 Å². The van der Waals surface area contributed by atoms with Crippen LogP contribution in [-0.2, 0) is 16.0 Å². The summed E-state index contributed by atoms with van der Waals surface area (Å²) in [5, 5.41) is 12.9. The summed E-state index contributed by atoms with van der Waals surface area (Å²) in [6.07, 6.45) is 1.30. The van der Waals surface area contributed by atoms with Crippen LogP contribution in [0.25, 0.3) is 11.0 Å². The number of phenolic OH excluding ortho intramolecular Hbond substituents is 1. The van der Waals surface area contributed by atoms with Crippen molar-refractivity contribution in [2.75, 3.05) is 20.3 Å². The van der Waals surface area contributed by atoms with Crippen molar-refractivity contribution in [3.05, 3.63) is 29.5 Å². The van der Waals surface area contributed by atoms with Crippen LogP contribution in [0.2, 0.25) is 0 Å². The lowest BCUT2D eigenvalue weighted by Gasteiger charge is -2.02. The zero-order valence-electron chi connectivity index (χ0n) is 11.7. The van der Waals surface area contributed by atoms with E-state index in [0.717, 1.165) is 0 Å². The van der Waals surface area contributed by atoms with Crippen LogP contribution in [0.15, 0.2) is 22.6 Å². The summed E-state index contributed by atoms with van der Waals surface area (Å²) in [5.41, 5.74) is 0.719. The number of hydrogen-bond acceptors (Lipinski definition) is 5. The number of aromatic hydroxyl groups is 1. The largest absolute Gasteiger partial charge is 0.507 e. The summed E-state index contributed by atoms with van der Waals surface area (Å²) in [5.74, 6) is 0.425. The lowest BCUT2D eigenvalue weighted by Crippen LogP contribution is -2.26. The van der Waals surface area contributed by atoms with Gasteiger partial charge in [-0.05, 0) is 18.2 Å². The normalized spacial score (nSPS) is 10.7. The maximum atomic E-state index is 11.6. The molecule has 0 spiro atoms. The molecule has 0 unspecified atom stereocenters. The minimum absolute atomic E-state index is 0.0813. The van der Waals surface area contributed by atoms with Crippen LogP contribution in [0.5, 0.6) is 5.75 Å². The minimum atomic E-state index is -0.0917. The number of fused-ring (bicyclic) bond motifs is 1. The molecule has 2 rings (SSSR count). The molecule has 21 heavy (non-hydrogen) atoms. The molecule has 1 aromatic carbocycles. The van der Waals surface area contributed by atoms with E-state index in [2.05, 4.69) is 5.32 Å². The van der Waals surface area contributed by atoms with E-state index in [9.17, 15) is 14.7 Å². The smallest absolute Gasteiger partial charge is 0.220 e. The molecule has 1 heterocycles. The maximum Gasteiger partial charge on any atom is 0.220 e. The van der Waals surface area contributed by atoms with Gasteiger partial charge in [-0.1, -0.05) is 0 Å². The number of benzene rings is 1. The molecule has 0 atom stereocenters. The first-order valence-corrected chi connectivity index (χ1v) is 6.61. The Labute approximate surface area is 121 Å². The third kappa shape index (κ3) is 3.61. The van der Waals surface area contributed by atoms with Crippen molar-refractivity contribution >= 4 is 23.2 Å². The topological polar surface area (TPSA) is 88.8 Å². The molecule has 2 aromatic rings. The Hall–Kier alpha value is -2.34. The van der Waals surface area contributed by atoms with Crippen molar-refractivity contribution in [2.24, 2.45) is 0 Å². The predicted octanol–water partition coefficient (Wildman–Crippen LogP) is 1.65. The second-order valence-electron chi connectivity index (χ2n) is 4.58. The molecule has 0 fully saturated rings. The van der Waals surface area contributed by atoms with Crippen LogP contribution in [-0.4, -0.2) is 37.6 Å². The highest BCUT2D eigenvalue weighted by molar-refractivity contribution is 5.99. The third-order valence-corrected chi connectivity index (χ3v) is 3.12. The number of nitrogens with one attached hydrogen (secondary N) is 1.